The molecule has 180 valence electrons. The summed E-state index contributed by atoms with van der Waals surface area (Å²) in [5.41, 5.74) is -0.504. The van der Waals surface area contributed by atoms with Crippen molar-refractivity contribution in [2.75, 3.05) is 26.3 Å². The molecule has 2 atom stereocenters. The van der Waals surface area contributed by atoms with E-state index < -0.39 is 48.8 Å². The normalized spacial score (nSPS) is 13.1. The van der Waals surface area contributed by atoms with Gasteiger partial charge < -0.3 is 35.6 Å². The quantitative estimate of drug-likeness (QED) is 0.315. The van der Waals surface area contributed by atoms with E-state index in [2.05, 4.69) is 10.6 Å². The number of aliphatic hydroxyl groups excluding tert-OH is 2. The van der Waals surface area contributed by atoms with Crippen molar-refractivity contribution >= 4 is 17.9 Å². The van der Waals surface area contributed by atoms with Crippen molar-refractivity contribution in [1.29, 1.82) is 0 Å². The first-order chi connectivity index (χ1) is 15.0. The predicted molar refractivity (Wildman–Crippen MR) is 118 cm³/mol. The van der Waals surface area contributed by atoms with Crippen LogP contribution in [0.5, 0.6) is 5.75 Å². The molecule has 10 nitrogen and oxygen atoms in total. The van der Waals surface area contributed by atoms with Crippen LogP contribution >= 0.6 is 0 Å². The molecule has 0 aliphatic rings. The van der Waals surface area contributed by atoms with Crippen molar-refractivity contribution in [3.63, 3.8) is 0 Å². The fourth-order valence-corrected chi connectivity index (χ4v) is 2.96. The molecule has 0 aromatic heterocycles. The number of benzene rings is 1. The van der Waals surface area contributed by atoms with Gasteiger partial charge in [-0.15, -0.1) is 0 Å². The molecule has 0 radical (unpaired) electrons. The van der Waals surface area contributed by atoms with Gasteiger partial charge in [0.25, 0.3) is 0 Å². The van der Waals surface area contributed by atoms with E-state index in [1.807, 2.05) is 6.92 Å². The van der Waals surface area contributed by atoms with Crippen LogP contribution in [0.2, 0.25) is 0 Å². The van der Waals surface area contributed by atoms with Gasteiger partial charge in [0.2, 0.25) is 11.8 Å². The van der Waals surface area contributed by atoms with E-state index >= 15 is 0 Å². The molecule has 0 heterocycles. The zero-order valence-corrected chi connectivity index (χ0v) is 19.1. The van der Waals surface area contributed by atoms with Crippen LogP contribution in [0.4, 0.5) is 4.79 Å². The van der Waals surface area contributed by atoms with E-state index in [1.54, 1.807) is 26.8 Å². The van der Waals surface area contributed by atoms with Gasteiger partial charge in [-0.05, 0) is 44.9 Å². The highest BCUT2D eigenvalue weighted by molar-refractivity contribution is 5.92. The second-order valence-corrected chi connectivity index (χ2v) is 8.28. The first-order valence-corrected chi connectivity index (χ1v) is 10.6. The van der Waals surface area contributed by atoms with E-state index in [9.17, 15) is 29.7 Å². The van der Waals surface area contributed by atoms with E-state index in [4.69, 9.17) is 4.74 Å². The summed E-state index contributed by atoms with van der Waals surface area (Å²) in [6.07, 6.45) is 0.671. The molecule has 3 amide bonds. The minimum absolute atomic E-state index is 0.101. The van der Waals surface area contributed by atoms with Crippen molar-refractivity contribution in [2.24, 2.45) is 0 Å². The Kier molecular flexibility index (Phi) is 10.9. The van der Waals surface area contributed by atoms with Gasteiger partial charge >= 0.3 is 6.09 Å². The van der Waals surface area contributed by atoms with Crippen LogP contribution in [-0.4, -0.2) is 76.1 Å². The van der Waals surface area contributed by atoms with Crippen LogP contribution in [0.3, 0.4) is 0 Å². The molecule has 32 heavy (non-hydrogen) atoms. The average molecular weight is 454 g/mol. The smallest absolute Gasteiger partial charge is 0.408 e. The topological polar surface area (TPSA) is 148 Å². The summed E-state index contributed by atoms with van der Waals surface area (Å²) in [7, 11) is 0. The summed E-state index contributed by atoms with van der Waals surface area (Å²) < 4.78 is 5.14. The van der Waals surface area contributed by atoms with Crippen molar-refractivity contribution in [2.45, 2.75) is 58.2 Å². The molecule has 0 saturated heterocycles. The van der Waals surface area contributed by atoms with Crippen molar-refractivity contribution in [1.82, 2.24) is 15.5 Å². The molecule has 0 spiro atoms. The van der Waals surface area contributed by atoms with Crippen LogP contribution in [0.25, 0.3) is 0 Å². The minimum atomic E-state index is -1.40. The summed E-state index contributed by atoms with van der Waals surface area (Å²) in [5.74, 6) is -1.40. The van der Waals surface area contributed by atoms with E-state index in [0.717, 1.165) is 17.7 Å². The molecule has 0 bridgehead atoms. The van der Waals surface area contributed by atoms with E-state index in [0.29, 0.717) is 12.1 Å². The largest absolute Gasteiger partial charge is 0.508 e. The molecular formula is C22H35N3O7. The number of carbonyl (C=O) groups excluding carboxylic acids is 3. The number of rotatable bonds is 11. The van der Waals surface area contributed by atoms with Gasteiger partial charge in [0.15, 0.2) is 0 Å². The Morgan fingerprint density at radius 1 is 1.19 bits per heavy atom. The summed E-state index contributed by atoms with van der Waals surface area (Å²) >= 11 is 0. The number of hydrogen-bond donors (Lipinski definition) is 5. The van der Waals surface area contributed by atoms with Gasteiger partial charge in [-0.25, -0.2) is 4.79 Å². The fraction of sp³-hybridized carbons (Fsp3) is 0.591. The monoisotopic (exact) mass is 453 g/mol. The Balaban J connectivity index is 3.25. The predicted octanol–water partition coefficient (Wildman–Crippen LogP) is 1.06. The number of carbonyl (C=O) groups is 3. The van der Waals surface area contributed by atoms with Crippen LogP contribution in [0, 0.1) is 0 Å². The molecule has 5 N–H and O–H groups in total. The summed E-state index contributed by atoms with van der Waals surface area (Å²) in [5, 5.41) is 34.3. The third-order valence-corrected chi connectivity index (χ3v) is 4.37. The first-order valence-electron chi connectivity index (χ1n) is 10.6. The Labute approximate surface area is 188 Å². The average Bonchev–Trinajstić information content (AvgIpc) is 2.70. The number of aliphatic hydroxyl groups is 2. The number of unbranched alkanes of at least 4 members (excludes halogenated alkanes) is 1. The molecule has 0 aliphatic carbocycles. The highest BCUT2D eigenvalue weighted by Gasteiger charge is 2.35. The number of hydrogen-bond acceptors (Lipinski definition) is 7. The number of amides is 3. The molecule has 0 fully saturated rings. The van der Waals surface area contributed by atoms with Gasteiger partial charge in [-0.3, -0.25) is 9.59 Å². The molecular weight excluding hydrogens is 418 g/mol. The number of phenols is 1. The lowest BCUT2D eigenvalue weighted by molar-refractivity contribution is -0.143. The zero-order valence-electron chi connectivity index (χ0n) is 19.1. The van der Waals surface area contributed by atoms with Crippen molar-refractivity contribution in [3.05, 3.63) is 29.8 Å². The standard InChI is InChI=1S/C22H35N3O7/c1-5-6-10-23-19(29)18(15-8-7-9-16(28)13-15)25(11-12-26)20(30)17(14-27)24-21(31)32-22(2,3)4/h7-9,13,17-18,26-28H,5-6,10-12,14H2,1-4H3,(H,23,29)(H,24,31). The Morgan fingerprint density at radius 3 is 2.41 bits per heavy atom. The zero-order chi connectivity index (χ0) is 24.3. The van der Waals surface area contributed by atoms with E-state index in [1.165, 1.54) is 18.2 Å². The number of aromatic hydroxyl groups is 1. The Bertz CT molecular complexity index is 764. The summed E-state index contributed by atoms with van der Waals surface area (Å²) in [4.78, 5) is 39.5. The third-order valence-electron chi connectivity index (χ3n) is 4.37. The highest BCUT2D eigenvalue weighted by Crippen LogP contribution is 2.25. The van der Waals surface area contributed by atoms with Gasteiger partial charge in [0, 0.05) is 13.1 Å². The lowest BCUT2D eigenvalue weighted by Gasteiger charge is -2.33. The van der Waals surface area contributed by atoms with Gasteiger partial charge in [-0.1, -0.05) is 25.5 Å². The number of phenolic OH excluding ortho intramolecular Hbond substituents is 1. The molecule has 0 saturated carbocycles. The first kappa shape index (κ1) is 27.2. The fourth-order valence-electron chi connectivity index (χ4n) is 2.96. The number of alkyl carbamates (subject to hydrolysis) is 1. The minimum Gasteiger partial charge on any atom is -0.508 e. The van der Waals surface area contributed by atoms with Gasteiger partial charge in [0.1, 0.15) is 23.4 Å². The van der Waals surface area contributed by atoms with Crippen LogP contribution in [-0.2, 0) is 14.3 Å². The molecule has 0 aliphatic heterocycles. The summed E-state index contributed by atoms with van der Waals surface area (Å²) in [6.45, 7) is 5.85. The molecule has 1 aromatic rings. The Morgan fingerprint density at radius 2 is 1.88 bits per heavy atom. The third kappa shape index (κ3) is 8.72. The maximum Gasteiger partial charge on any atom is 0.408 e. The van der Waals surface area contributed by atoms with Crippen molar-refractivity contribution in [3.8, 4) is 5.75 Å². The van der Waals surface area contributed by atoms with Crippen LogP contribution in [0.1, 0.15) is 52.1 Å². The highest BCUT2D eigenvalue weighted by atomic mass is 16.6. The SMILES string of the molecule is CCCCNC(=O)C(c1cccc(O)c1)N(CCO)C(=O)C(CO)NC(=O)OC(C)(C)C. The lowest BCUT2D eigenvalue weighted by Crippen LogP contribution is -2.55. The maximum atomic E-state index is 13.2. The van der Waals surface area contributed by atoms with E-state index in [-0.39, 0.29) is 12.3 Å². The second kappa shape index (κ2) is 12.9. The van der Waals surface area contributed by atoms with Gasteiger partial charge in [-0.2, -0.15) is 0 Å². The molecule has 10 heteroatoms. The number of ether oxygens (including phenoxy) is 1. The second-order valence-electron chi connectivity index (χ2n) is 8.28. The molecule has 2 unspecified atom stereocenters. The van der Waals surface area contributed by atoms with Gasteiger partial charge in [0.05, 0.1) is 13.2 Å². The van der Waals surface area contributed by atoms with Crippen molar-refractivity contribution < 1.29 is 34.4 Å². The number of nitrogens with zero attached hydrogens (tertiary/aromatic N) is 1. The number of nitrogens with one attached hydrogen (secondary N) is 2. The summed E-state index contributed by atoms with van der Waals surface area (Å²) in [6, 6.07) is 3.26. The van der Waals surface area contributed by atoms with Crippen LogP contribution in [0.15, 0.2) is 24.3 Å². The molecule has 1 aromatic carbocycles. The van der Waals surface area contributed by atoms with Crippen LogP contribution < -0.4 is 10.6 Å². The lowest BCUT2D eigenvalue weighted by atomic mass is 10.0. The Hall–Kier alpha value is -2.85. The molecule has 1 rings (SSSR count). The maximum absolute atomic E-state index is 13.2.